The fourth-order valence-corrected chi connectivity index (χ4v) is 6.07. The zero-order chi connectivity index (χ0) is 19.4. The monoisotopic (exact) mass is 406 g/mol. The number of amides is 1. The number of carbonyl (C=O) groups is 1. The number of hydrogen-bond acceptors (Lipinski definition) is 4. The Labute approximate surface area is 165 Å². The third kappa shape index (κ3) is 4.78. The molecule has 1 aromatic heterocycles. The maximum atomic E-state index is 12.7. The third-order valence-electron chi connectivity index (χ3n) is 4.96. The van der Waals surface area contributed by atoms with Crippen LogP contribution in [-0.4, -0.2) is 49.7 Å². The zero-order valence-corrected chi connectivity index (χ0v) is 17.5. The molecule has 1 aliphatic rings. The normalized spacial score (nSPS) is 15.9. The van der Waals surface area contributed by atoms with Crippen LogP contribution in [0.25, 0.3) is 0 Å². The Kier molecular flexibility index (Phi) is 6.34. The lowest BCUT2D eigenvalue weighted by Crippen LogP contribution is -2.50. The minimum atomic E-state index is -3.44. The highest BCUT2D eigenvalue weighted by Gasteiger charge is 2.30. The summed E-state index contributed by atoms with van der Waals surface area (Å²) in [7, 11) is -3.44. The molecule has 1 amide bonds. The molecule has 2 heterocycles. The van der Waals surface area contributed by atoms with E-state index in [-0.39, 0.29) is 5.91 Å². The van der Waals surface area contributed by atoms with Gasteiger partial charge in [-0.05, 0) is 43.0 Å². The number of sulfonamides is 1. The van der Waals surface area contributed by atoms with Crippen LogP contribution in [-0.2, 0) is 27.7 Å². The minimum absolute atomic E-state index is 0.0959. The van der Waals surface area contributed by atoms with E-state index in [1.54, 1.807) is 11.0 Å². The van der Waals surface area contributed by atoms with Crippen molar-refractivity contribution in [3.8, 4) is 0 Å². The van der Waals surface area contributed by atoms with Gasteiger partial charge in [0.2, 0.25) is 5.91 Å². The van der Waals surface area contributed by atoms with Crippen molar-refractivity contribution in [1.29, 1.82) is 0 Å². The molecule has 1 aliphatic heterocycles. The van der Waals surface area contributed by atoms with E-state index in [0.717, 1.165) is 23.3 Å². The SMILES string of the molecule is CCc1ccc(CCC(=O)N2CCN(S(=O)(=O)c3ccc(C)s3)CC2)cc1. The lowest BCUT2D eigenvalue weighted by atomic mass is 10.1. The van der Waals surface area contributed by atoms with E-state index in [1.165, 1.54) is 21.2 Å². The molecule has 1 fully saturated rings. The Morgan fingerprint density at radius 3 is 2.19 bits per heavy atom. The Balaban J connectivity index is 1.51. The predicted octanol–water partition coefficient (Wildman–Crippen LogP) is 3.08. The number of piperazine rings is 1. The predicted molar refractivity (Wildman–Crippen MR) is 109 cm³/mol. The van der Waals surface area contributed by atoms with Crippen molar-refractivity contribution in [2.24, 2.45) is 0 Å². The smallest absolute Gasteiger partial charge is 0.252 e. The first kappa shape index (κ1) is 20.0. The summed E-state index contributed by atoms with van der Waals surface area (Å²) in [6, 6.07) is 11.9. The second kappa shape index (κ2) is 8.54. The lowest BCUT2D eigenvalue weighted by Gasteiger charge is -2.33. The maximum Gasteiger partial charge on any atom is 0.252 e. The molecule has 1 aromatic carbocycles. The van der Waals surface area contributed by atoms with Crippen LogP contribution in [0.3, 0.4) is 0 Å². The average molecular weight is 407 g/mol. The van der Waals surface area contributed by atoms with Crippen LogP contribution in [0.2, 0.25) is 0 Å². The summed E-state index contributed by atoms with van der Waals surface area (Å²) in [5.74, 6) is 0.0959. The molecule has 0 saturated carbocycles. The highest BCUT2D eigenvalue weighted by atomic mass is 32.2. The summed E-state index contributed by atoms with van der Waals surface area (Å²) in [6.45, 7) is 5.65. The van der Waals surface area contributed by atoms with Crippen LogP contribution in [0.4, 0.5) is 0 Å². The number of benzene rings is 1. The quantitative estimate of drug-likeness (QED) is 0.741. The maximum absolute atomic E-state index is 12.7. The molecule has 1 saturated heterocycles. The van der Waals surface area contributed by atoms with Crippen molar-refractivity contribution in [2.45, 2.75) is 37.3 Å². The van der Waals surface area contributed by atoms with Crippen molar-refractivity contribution < 1.29 is 13.2 Å². The van der Waals surface area contributed by atoms with Gasteiger partial charge in [-0.25, -0.2) is 8.42 Å². The van der Waals surface area contributed by atoms with Crippen molar-refractivity contribution in [1.82, 2.24) is 9.21 Å². The van der Waals surface area contributed by atoms with Gasteiger partial charge in [-0.1, -0.05) is 31.2 Å². The summed E-state index contributed by atoms with van der Waals surface area (Å²) in [5.41, 5.74) is 2.46. The number of hydrogen-bond donors (Lipinski definition) is 0. The first-order valence-electron chi connectivity index (χ1n) is 9.32. The second-order valence-corrected chi connectivity index (χ2v) is 10.3. The van der Waals surface area contributed by atoms with Gasteiger partial charge in [0.1, 0.15) is 4.21 Å². The van der Waals surface area contributed by atoms with Gasteiger partial charge < -0.3 is 4.90 Å². The van der Waals surface area contributed by atoms with Crippen molar-refractivity contribution in [3.05, 3.63) is 52.4 Å². The van der Waals surface area contributed by atoms with Crippen molar-refractivity contribution in [2.75, 3.05) is 26.2 Å². The van der Waals surface area contributed by atoms with Gasteiger partial charge >= 0.3 is 0 Å². The topological polar surface area (TPSA) is 57.7 Å². The van der Waals surface area contributed by atoms with Crippen LogP contribution in [0, 0.1) is 6.92 Å². The van der Waals surface area contributed by atoms with Crippen LogP contribution in [0.15, 0.2) is 40.6 Å². The molecule has 0 radical (unpaired) electrons. The van der Waals surface area contributed by atoms with E-state index >= 15 is 0 Å². The summed E-state index contributed by atoms with van der Waals surface area (Å²) in [4.78, 5) is 15.2. The van der Waals surface area contributed by atoms with Crippen LogP contribution < -0.4 is 0 Å². The minimum Gasteiger partial charge on any atom is -0.340 e. The molecular weight excluding hydrogens is 380 g/mol. The molecule has 0 spiro atoms. The Morgan fingerprint density at radius 2 is 1.63 bits per heavy atom. The van der Waals surface area contributed by atoms with E-state index < -0.39 is 10.0 Å². The molecule has 27 heavy (non-hydrogen) atoms. The number of thiophene rings is 1. The average Bonchev–Trinajstić information content (AvgIpc) is 3.14. The molecule has 3 rings (SSSR count). The van der Waals surface area contributed by atoms with Gasteiger partial charge in [-0.15, -0.1) is 11.3 Å². The highest BCUT2D eigenvalue weighted by molar-refractivity contribution is 7.91. The van der Waals surface area contributed by atoms with E-state index in [0.29, 0.717) is 36.8 Å². The number of aryl methyl sites for hydroxylation is 3. The molecule has 0 atom stereocenters. The summed E-state index contributed by atoms with van der Waals surface area (Å²) in [5, 5.41) is 0. The van der Waals surface area contributed by atoms with Gasteiger partial charge in [0.15, 0.2) is 0 Å². The van der Waals surface area contributed by atoms with Crippen molar-refractivity contribution in [3.63, 3.8) is 0 Å². The van der Waals surface area contributed by atoms with Gasteiger partial charge in [0, 0.05) is 37.5 Å². The van der Waals surface area contributed by atoms with Gasteiger partial charge in [-0.3, -0.25) is 4.79 Å². The third-order valence-corrected chi connectivity index (χ3v) is 8.33. The standard InChI is InChI=1S/C20H26N2O3S2/c1-3-17-5-7-18(8-6-17)9-10-19(23)21-12-14-22(15-13-21)27(24,25)20-11-4-16(2)26-20/h4-8,11H,3,9-10,12-15H2,1-2H3. The fraction of sp³-hybridized carbons (Fsp3) is 0.450. The van der Waals surface area contributed by atoms with E-state index in [4.69, 9.17) is 0 Å². The molecule has 0 aliphatic carbocycles. The number of rotatable bonds is 6. The number of nitrogens with zero attached hydrogens (tertiary/aromatic N) is 2. The van der Waals surface area contributed by atoms with Gasteiger partial charge in [-0.2, -0.15) is 4.31 Å². The molecular formula is C20H26N2O3S2. The fourth-order valence-electron chi connectivity index (χ4n) is 3.21. The van der Waals surface area contributed by atoms with Crippen LogP contribution in [0.1, 0.15) is 29.3 Å². The largest absolute Gasteiger partial charge is 0.340 e. The Morgan fingerprint density at radius 1 is 1.00 bits per heavy atom. The van der Waals surface area contributed by atoms with Gasteiger partial charge in [0.05, 0.1) is 0 Å². The summed E-state index contributed by atoms with van der Waals surface area (Å²) in [6.07, 6.45) is 2.19. The van der Waals surface area contributed by atoms with Crippen LogP contribution >= 0.6 is 11.3 Å². The molecule has 0 unspecified atom stereocenters. The number of carbonyl (C=O) groups excluding carboxylic acids is 1. The van der Waals surface area contributed by atoms with Crippen LogP contribution in [0.5, 0.6) is 0 Å². The van der Waals surface area contributed by atoms with E-state index in [1.807, 2.05) is 13.0 Å². The molecule has 7 heteroatoms. The molecule has 146 valence electrons. The Hall–Kier alpha value is -1.70. The molecule has 5 nitrogen and oxygen atoms in total. The Bertz CT molecular complexity index is 880. The summed E-state index contributed by atoms with van der Waals surface area (Å²) < 4.78 is 27.2. The molecule has 0 bridgehead atoms. The summed E-state index contributed by atoms with van der Waals surface area (Å²) >= 11 is 1.29. The second-order valence-electron chi connectivity index (χ2n) is 6.82. The highest BCUT2D eigenvalue weighted by Crippen LogP contribution is 2.25. The molecule has 2 aromatic rings. The first-order valence-corrected chi connectivity index (χ1v) is 11.6. The van der Waals surface area contributed by atoms with Gasteiger partial charge in [0.25, 0.3) is 10.0 Å². The van der Waals surface area contributed by atoms with Crippen molar-refractivity contribution >= 4 is 27.3 Å². The van der Waals surface area contributed by atoms with E-state index in [9.17, 15) is 13.2 Å². The molecule has 0 N–H and O–H groups in total. The lowest BCUT2D eigenvalue weighted by molar-refractivity contribution is -0.132. The first-order chi connectivity index (χ1) is 12.9. The zero-order valence-electron chi connectivity index (χ0n) is 15.8. The van der Waals surface area contributed by atoms with E-state index in [2.05, 4.69) is 31.2 Å².